The SMILES string of the molecule is CC1(CNCc2ccc(Br)cc2N)CCCCC1. The van der Waals surface area contributed by atoms with Gasteiger partial charge < -0.3 is 11.1 Å². The summed E-state index contributed by atoms with van der Waals surface area (Å²) in [6.07, 6.45) is 6.90. The molecule has 1 fully saturated rings. The van der Waals surface area contributed by atoms with Gasteiger partial charge in [-0.2, -0.15) is 0 Å². The fourth-order valence-electron chi connectivity index (χ4n) is 2.81. The number of halogens is 1. The second kappa shape index (κ2) is 6.07. The molecule has 0 heterocycles. The summed E-state index contributed by atoms with van der Waals surface area (Å²) in [5.41, 5.74) is 8.55. The van der Waals surface area contributed by atoms with E-state index in [2.05, 4.69) is 40.3 Å². The van der Waals surface area contributed by atoms with Crippen LogP contribution in [0.3, 0.4) is 0 Å². The maximum atomic E-state index is 6.00. The lowest BCUT2D eigenvalue weighted by atomic mass is 9.76. The molecule has 1 saturated carbocycles. The molecule has 0 unspecified atom stereocenters. The summed E-state index contributed by atoms with van der Waals surface area (Å²) in [7, 11) is 0. The zero-order chi connectivity index (χ0) is 13.0. The summed E-state index contributed by atoms with van der Waals surface area (Å²) < 4.78 is 1.04. The van der Waals surface area contributed by atoms with Crippen molar-refractivity contribution in [1.29, 1.82) is 0 Å². The molecule has 0 aromatic heterocycles. The molecule has 1 aromatic rings. The standard InChI is InChI=1S/C15H23BrN2/c1-15(7-3-2-4-8-15)11-18-10-12-5-6-13(16)9-14(12)17/h5-6,9,18H,2-4,7-8,10-11,17H2,1H3. The van der Waals surface area contributed by atoms with Crippen molar-refractivity contribution in [3.8, 4) is 0 Å². The number of nitrogens with two attached hydrogens (primary N) is 1. The van der Waals surface area contributed by atoms with Gasteiger partial charge in [0, 0.05) is 23.2 Å². The summed E-state index contributed by atoms with van der Waals surface area (Å²) in [6.45, 7) is 4.38. The molecule has 0 aliphatic heterocycles. The molecular weight excluding hydrogens is 288 g/mol. The van der Waals surface area contributed by atoms with E-state index in [9.17, 15) is 0 Å². The molecule has 0 spiro atoms. The molecule has 100 valence electrons. The topological polar surface area (TPSA) is 38.0 Å². The van der Waals surface area contributed by atoms with Crippen molar-refractivity contribution < 1.29 is 0 Å². The van der Waals surface area contributed by atoms with Gasteiger partial charge in [0.1, 0.15) is 0 Å². The highest BCUT2D eigenvalue weighted by Crippen LogP contribution is 2.35. The highest BCUT2D eigenvalue weighted by molar-refractivity contribution is 9.10. The molecule has 0 amide bonds. The van der Waals surface area contributed by atoms with E-state index in [0.717, 1.165) is 23.2 Å². The molecule has 0 saturated heterocycles. The van der Waals surface area contributed by atoms with Crippen molar-refractivity contribution in [2.45, 2.75) is 45.6 Å². The van der Waals surface area contributed by atoms with Crippen molar-refractivity contribution in [2.75, 3.05) is 12.3 Å². The lowest BCUT2D eigenvalue weighted by molar-refractivity contribution is 0.207. The zero-order valence-corrected chi connectivity index (χ0v) is 12.7. The summed E-state index contributed by atoms with van der Waals surface area (Å²) in [4.78, 5) is 0. The number of nitrogen functional groups attached to an aromatic ring is 1. The van der Waals surface area contributed by atoms with Crippen LogP contribution < -0.4 is 11.1 Å². The van der Waals surface area contributed by atoms with Gasteiger partial charge in [0.15, 0.2) is 0 Å². The van der Waals surface area contributed by atoms with E-state index >= 15 is 0 Å². The van der Waals surface area contributed by atoms with Gasteiger partial charge in [-0.05, 0) is 36.0 Å². The second-order valence-electron chi connectivity index (χ2n) is 5.82. The van der Waals surface area contributed by atoms with Gasteiger partial charge in [-0.3, -0.25) is 0 Å². The Morgan fingerprint density at radius 1 is 1.28 bits per heavy atom. The van der Waals surface area contributed by atoms with Crippen LogP contribution in [-0.2, 0) is 6.54 Å². The quantitative estimate of drug-likeness (QED) is 0.822. The minimum atomic E-state index is 0.488. The summed E-state index contributed by atoms with van der Waals surface area (Å²) >= 11 is 3.44. The molecule has 2 nitrogen and oxygen atoms in total. The molecule has 3 N–H and O–H groups in total. The minimum Gasteiger partial charge on any atom is -0.398 e. The van der Waals surface area contributed by atoms with E-state index in [1.54, 1.807) is 0 Å². The molecule has 0 radical (unpaired) electrons. The van der Waals surface area contributed by atoms with Gasteiger partial charge >= 0.3 is 0 Å². The fraction of sp³-hybridized carbons (Fsp3) is 0.600. The summed E-state index contributed by atoms with van der Waals surface area (Å²) in [5.74, 6) is 0. The van der Waals surface area contributed by atoms with Crippen LogP contribution in [0.15, 0.2) is 22.7 Å². The van der Waals surface area contributed by atoms with Gasteiger partial charge in [0.25, 0.3) is 0 Å². The molecule has 1 aliphatic carbocycles. The van der Waals surface area contributed by atoms with Crippen LogP contribution >= 0.6 is 15.9 Å². The first-order chi connectivity index (χ1) is 8.59. The number of benzene rings is 1. The Kier molecular flexibility index (Phi) is 4.68. The monoisotopic (exact) mass is 310 g/mol. The molecule has 1 aromatic carbocycles. The fourth-order valence-corrected chi connectivity index (χ4v) is 3.19. The third kappa shape index (κ3) is 3.72. The number of nitrogens with one attached hydrogen (secondary N) is 1. The van der Waals surface area contributed by atoms with E-state index in [1.807, 2.05) is 6.07 Å². The Hall–Kier alpha value is -0.540. The number of hydrogen-bond acceptors (Lipinski definition) is 2. The Morgan fingerprint density at radius 2 is 2.00 bits per heavy atom. The Morgan fingerprint density at radius 3 is 2.67 bits per heavy atom. The van der Waals surface area contributed by atoms with Crippen molar-refractivity contribution in [2.24, 2.45) is 5.41 Å². The highest BCUT2D eigenvalue weighted by atomic mass is 79.9. The maximum absolute atomic E-state index is 6.00. The molecule has 2 rings (SSSR count). The van der Waals surface area contributed by atoms with Gasteiger partial charge in [-0.15, -0.1) is 0 Å². The van der Waals surface area contributed by atoms with E-state index in [1.165, 1.54) is 37.7 Å². The average Bonchev–Trinajstić information content (AvgIpc) is 2.33. The third-order valence-corrected chi connectivity index (χ3v) is 4.53. The van der Waals surface area contributed by atoms with E-state index < -0.39 is 0 Å². The Bertz CT molecular complexity index is 397. The van der Waals surface area contributed by atoms with Crippen molar-refractivity contribution in [1.82, 2.24) is 5.32 Å². The first-order valence-corrected chi connectivity index (χ1v) is 7.63. The smallest absolute Gasteiger partial charge is 0.0370 e. The first-order valence-electron chi connectivity index (χ1n) is 6.84. The van der Waals surface area contributed by atoms with Gasteiger partial charge in [0.05, 0.1) is 0 Å². The van der Waals surface area contributed by atoms with Crippen LogP contribution in [0.4, 0.5) is 5.69 Å². The van der Waals surface area contributed by atoms with Crippen molar-refractivity contribution in [3.05, 3.63) is 28.2 Å². The Balaban J connectivity index is 1.84. The maximum Gasteiger partial charge on any atom is 0.0370 e. The van der Waals surface area contributed by atoms with E-state index in [-0.39, 0.29) is 0 Å². The lowest BCUT2D eigenvalue weighted by Gasteiger charge is -2.33. The van der Waals surface area contributed by atoms with Crippen LogP contribution in [0.25, 0.3) is 0 Å². The summed E-state index contributed by atoms with van der Waals surface area (Å²) in [5, 5.41) is 3.58. The van der Waals surface area contributed by atoms with E-state index in [4.69, 9.17) is 5.73 Å². The molecule has 18 heavy (non-hydrogen) atoms. The van der Waals surface area contributed by atoms with Gasteiger partial charge in [0.2, 0.25) is 0 Å². The van der Waals surface area contributed by atoms with Crippen LogP contribution in [0.2, 0.25) is 0 Å². The highest BCUT2D eigenvalue weighted by Gasteiger charge is 2.25. The first kappa shape index (κ1) is 13.9. The van der Waals surface area contributed by atoms with Gasteiger partial charge in [-0.25, -0.2) is 0 Å². The number of hydrogen-bond donors (Lipinski definition) is 2. The Labute approximate surface area is 118 Å². The number of rotatable bonds is 4. The molecular formula is C15H23BrN2. The third-order valence-electron chi connectivity index (χ3n) is 4.04. The average molecular weight is 311 g/mol. The molecule has 3 heteroatoms. The van der Waals surface area contributed by atoms with Crippen LogP contribution in [0, 0.1) is 5.41 Å². The largest absolute Gasteiger partial charge is 0.398 e. The van der Waals surface area contributed by atoms with E-state index in [0.29, 0.717) is 5.41 Å². The van der Waals surface area contributed by atoms with Gasteiger partial charge in [-0.1, -0.05) is 48.2 Å². The minimum absolute atomic E-state index is 0.488. The lowest BCUT2D eigenvalue weighted by Crippen LogP contribution is -2.33. The van der Waals surface area contributed by atoms with Crippen molar-refractivity contribution >= 4 is 21.6 Å². The van der Waals surface area contributed by atoms with Crippen LogP contribution in [0.5, 0.6) is 0 Å². The van der Waals surface area contributed by atoms with Crippen molar-refractivity contribution in [3.63, 3.8) is 0 Å². The predicted octanol–water partition coefficient (Wildman–Crippen LogP) is 4.09. The van der Waals surface area contributed by atoms with Crippen LogP contribution in [0.1, 0.15) is 44.6 Å². The van der Waals surface area contributed by atoms with Crippen LogP contribution in [-0.4, -0.2) is 6.54 Å². The number of anilines is 1. The normalized spacial score (nSPS) is 18.8. The zero-order valence-electron chi connectivity index (χ0n) is 11.1. The molecule has 0 bridgehead atoms. The molecule has 0 atom stereocenters. The predicted molar refractivity (Wildman–Crippen MR) is 81.5 cm³/mol. The summed E-state index contributed by atoms with van der Waals surface area (Å²) in [6, 6.07) is 6.12. The molecule has 1 aliphatic rings. The second-order valence-corrected chi connectivity index (χ2v) is 6.73.